The van der Waals surface area contributed by atoms with Crippen LogP contribution in [0, 0.1) is 17.8 Å². The summed E-state index contributed by atoms with van der Waals surface area (Å²) in [7, 11) is 3.36. The van der Waals surface area contributed by atoms with Crippen molar-refractivity contribution >= 4 is 5.97 Å². The van der Waals surface area contributed by atoms with Gasteiger partial charge in [-0.25, -0.2) is 0 Å². The predicted molar refractivity (Wildman–Crippen MR) is 104 cm³/mol. The van der Waals surface area contributed by atoms with Crippen molar-refractivity contribution in [2.45, 2.75) is 31.8 Å². The van der Waals surface area contributed by atoms with Gasteiger partial charge in [0.2, 0.25) is 0 Å². The maximum absolute atomic E-state index is 12.3. The van der Waals surface area contributed by atoms with Crippen LogP contribution in [-0.4, -0.2) is 26.3 Å². The van der Waals surface area contributed by atoms with Crippen LogP contribution >= 0.6 is 0 Å². The first-order chi connectivity index (χ1) is 13.2. The molecule has 1 aliphatic carbocycles. The van der Waals surface area contributed by atoms with E-state index in [1.54, 1.807) is 26.4 Å². The molecule has 0 spiro atoms. The number of carbonyl (C=O) groups is 1. The lowest BCUT2D eigenvalue weighted by Crippen LogP contribution is -2.28. The van der Waals surface area contributed by atoms with Crippen molar-refractivity contribution in [2.24, 2.45) is 5.92 Å². The molecule has 4 heteroatoms. The first-order valence-electron chi connectivity index (χ1n) is 9.18. The topological polar surface area (TPSA) is 44.8 Å². The van der Waals surface area contributed by atoms with Gasteiger partial charge in [-0.1, -0.05) is 11.8 Å². The summed E-state index contributed by atoms with van der Waals surface area (Å²) in [6.07, 6.45) is 3.75. The van der Waals surface area contributed by atoms with Gasteiger partial charge in [0.15, 0.2) is 0 Å². The maximum Gasteiger partial charge on any atom is 0.314 e. The predicted octanol–water partition coefficient (Wildman–Crippen LogP) is 4.21. The van der Waals surface area contributed by atoms with Crippen molar-refractivity contribution in [1.82, 2.24) is 0 Å². The second-order valence-corrected chi connectivity index (χ2v) is 6.63. The SMILES string of the molecule is COc1ccc(C#Cc2ccc(OC(=O)[C@H]3CC[C@H](OC)CC3)cc2)cc1. The van der Waals surface area contributed by atoms with Crippen molar-refractivity contribution < 1.29 is 19.0 Å². The molecule has 4 nitrogen and oxygen atoms in total. The highest BCUT2D eigenvalue weighted by atomic mass is 16.5. The Kier molecular flexibility index (Phi) is 6.51. The highest BCUT2D eigenvalue weighted by Gasteiger charge is 2.27. The normalized spacial score (nSPS) is 18.9. The average Bonchev–Trinajstić information content (AvgIpc) is 2.73. The molecule has 0 radical (unpaired) electrons. The number of carbonyl (C=O) groups excluding carboxylic acids is 1. The Morgan fingerprint density at radius 2 is 1.33 bits per heavy atom. The first kappa shape index (κ1) is 19.0. The van der Waals surface area contributed by atoms with Gasteiger partial charge in [0.1, 0.15) is 11.5 Å². The summed E-state index contributed by atoms with van der Waals surface area (Å²) < 4.78 is 16.0. The molecule has 0 N–H and O–H groups in total. The Hall–Kier alpha value is -2.77. The molecule has 1 saturated carbocycles. The Labute approximate surface area is 160 Å². The molecule has 0 amide bonds. The molecule has 0 bridgehead atoms. The van der Waals surface area contributed by atoms with Gasteiger partial charge in [-0.15, -0.1) is 0 Å². The molecule has 1 aliphatic rings. The smallest absolute Gasteiger partial charge is 0.314 e. The zero-order chi connectivity index (χ0) is 19.1. The fourth-order valence-corrected chi connectivity index (χ4v) is 3.16. The van der Waals surface area contributed by atoms with Crippen LogP contribution in [0.4, 0.5) is 0 Å². The Morgan fingerprint density at radius 1 is 0.815 bits per heavy atom. The molecule has 140 valence electrons. The van der Waals surface area contributed by atoms with Gasteiger partial charge in [-0.3, -0.25) is 4.79 Å². The summed E-state index contributed by atoms with van der Waals surface area (Å²) in [6.45, 7) is 0. The minimum Gasteiger partial charge on any atom is -0.497 e. The fraction of sp³-hybridized carbons (Fsp3) is 0.348. The van der Waals surface area contributed by atoms with Crippen LogP contribution in [0.15, 0.2) is 48.5 Å². The molecule has 0 heterocycles. The van der Waals surface area contributed by atoms with Gasteiger partial charge in [-0.05, 0) is 74.2 Å². The molecule has 0 aliphatic heterocycles. The van der Waals surface area contributed by atoms with Crippen molar-refractivity contribution in [2.75, 3.05) is 14.2 Å². The van der Waals surface area contributed by atoms with E-state index in [0.29, 0.717) is 5.75 Å². The molecule has 1 fully saturated rings. The standard InChI is InChI=1S/C23H24O4/c1-25-20-11-5-17(6-12-20)3-4-18-7-13-22(14-8-18)27-23(24)19-9-15-21(26-2)16-10-19/h5-8,11-14,19,21H,9-10,15-16H2,1-2H3/t19-,21-. The van der Waals surface area contributed by atoms with E-state index in [-0.39, 0.29) is 18.0 Å². The van der Waals surface area contributed by atoms with E-state index in [2.05, 4.69) is 11.8 Å². The number of methoxy groups -OCH3 is 2. The van der Waals surface area contributed by atoms with E-state index >= 15 is 0 Å². The van der Waals surface area contributed by atoms with Gasteiger partial charge in [-0.2, -0.15) is 0 Å². The largest absolute Gasteiger partial charge is 0.497 e. The number of benzene rings is 2. The number of ether oxygens (including phenoxy) is 3. The zero-order valence-corrected chi connectivity index (χ0v) is 15.7. The summed E-state index contributed by atoms with van der Waals surface area (Å²) in [5.41, 5.74) is 1.78. The molecule has 3 rings (SSSR count). The van der Waals surface area contributed by atoms with E-state index in [1.165, 1.54) is 0 Å². The molecule has 2 aromatic carbocycles. The van der Waals surface area contributed by atoms with Crippen molar-refractivity contribution in [3.8, 4) is 23.3 Å². The molecular formula is C23H24O4. The van der Waals surface area contributed by atoms with E-state index in [1.807, 2.05) is 36.4 Å². The summed E-state index contributed by atoms with van der Waals surface area (Å²) in [4.78, 5) is 12.3. The summed E-state index contributed by atoms with van der Waals surface area (Å²) >= 11 is 0. The third kappa shape index (κ3) is 5.35. The molecule has 0 atom stereocenters. The monoisotopic (exact) mass is 364 g/mol. The molecule has 0 aromatic heterocycles. The van der Waals surface area contributed by atoms with Crippen LogP contribution in [-0.2, 0) is 9.53 Å². The summed E-state index contributed by atoms with van der Waals surface area (Å²) in [6, 6.07) is 14.9. The van der Waals surface area contributed by atoms with E-state index < -0.39 is 0 Å². The van der Waals surface area contributed by atoms with Gasteiger partial charge < -0.3 is 14.2 Å². The van der Waals surface area contributed by atoms with Crippen molar-refractivity contribution in [3.05, 3.63) is 59.7 Å². The quantitative estimate of drug-likeness (QED) is 0.463. The van der Waals surface area contributed by atoms with E-state index in [0.717, 1.165) is 42.6 Å². The van der Waals surface area contributed by atoms with Gasteiger partial charge >= 0.3 is 5.97 Å². The lowest BCUT2D eigenvalue weighted by Gasteiger charge is -2.26. The lowest BCUT2D eigenvalue weighted by atomic mass is 9.87. The fourth-order valence-electron chi connectivity index (χ4n) is 3.16. The molecule has 27 heavy (non-hydrogen) atoms. The second kappa shape index (κ2) is 9.25. The Bertz CT molecular complexity index is 804. The number of hydrogen-bond donors (Lipinski definition) is 0. The van der Waals surface area contributed by atoms with Crippen LogP contribution < -0.4 is 9.47 Å². The second-order valence-electron chi connectivity index (χ2n) is 6.63. The molecule has 2 aromatic rings. The highest BCUT2D eigenvalue weighted by molar-refractivity contribution is 5.75. The average molecular weight is 364 g/mol. The van der Waals surface area contributed by atoms with Crippen LogP contribution in [0.3, 0.4) is 0 Å². The Morgan fingerprint density at radius 3 is 1.81 bits per heavy atom. The lowest BCUT2D eigenvalue weighted by molar-refractivity contribution is -0.140. The number of esters is 1. The van der Waals surface area contributed by atoms with Crippen LogP contribution in [0.2, 0.25) is 0 Å². The number of hydrogen-bond acceptors (Lipinski definition) is 4. The minimum atomic E-state index is -0.151. The van der Waals surface area contributed by atoms with E-state index in [4.69, 9.17) is 14.2 Å². The molecular weight excluding hydrogens is 340 g/mol. The van der Waals surface area contributed by atoms with Crippen LogP contribution in [0.5, 0.6) is 11.5 Å². The van der Waals surface area contributed by atoms with Crippen molar-refractivity contribution in [1.29, 1.82) is 0 Å². The van der Waals surface area contributed by atoms with Crippen LogP contribution in [0.1, 0.15) is 36.8 Å². The Balaban J connectivity index is 1.56. The van der Waals surface area contributed by atoms with Gasteiger partial charge in [0, 0.05) is 18.2 Å². The van der Waals surface area contributed by atoms with Gasteiger partial charge in [0.05, 0.1) is 19.1 Å². The molecule has 0 saturated heterocycles. The highest BCUT2D eigenvalue weighted by Crippen LogP contribution is 2.27. The van der Waals surface area contributed by atoms with Crippen molar-refractivity contribution in [3.63, 3.8) is 0 Å². The zero-order valence-electron chi connectivity index (χ0n) is 15.7. The summed E-state index contributed by atoms with van der Waals surface area (Å²) in [5.74, 6) is 7.40. The maximum atomic E-state index is 12.3. The number of rotatable bonds is 4. The molecule has 0 unspecified atom stereocenters. The minimum absolute atomic E-state index is 0.0362. The third-order valence-corrected chi connectivity index (χ3v) is 4.85. The first-order valence-corrected chi connectivity index (χ1v) is 9.18. The van der Waals surface area contributed by atoms with Crippen LogP contribution in [0.25, 0.3) is 0 Å². The van der Waals surface area contributed by atoms with E-state index in [9.17, 15) is 4.79 Å². The van der Waals surface area contributed by atoms with Gasteiger partial charge in [0.25, 0.3) is 0 Å². The summed E-state index contributed by atoms with van der Waals surface area (Å²) in [5, 5.41) is 0. The third-order valence-electron chi connectivity index (χ3n) is 4.85.